The molecular weight excluding hydrogens is 926 g/mol. The van der Waals surface area contributed by atoms with Gasteiger partial charge in [0.15, 0.2) is 0 Å². The summed E-state index contributed by atoms with van der Waals surface area (Å²) in [4.78, 5) is 82.1. The molecule has 71 heavy (non-hydrogen) atoms. The number of nitrogens with zero attached hydrogens (tertiary/aromatic N) is 9. The van der Waals surface area contributed by atoms with Gasteiger partial charge in [-0.1, -0.05) is 20.4 Å². The van der Waals surface area contributed by atoms with Crippen LogP contribution in [0.3, 0.4) is 0 Å². The van der Waals surface area contributed by atoms with Gasteiger partial charge in [-0.15, -0.1) is 0 Å². The van der Waals surface area contributed by atoms with Gasteiger partial charge in [-0.3, -0.25) is 33.7 Å². The first-order valence-corrected chi connectivity index (χ1v) is 25.7. The van der Waals surface area contributed by atoms with Crippen molar-refractivity contribution in [3.8, 4) is 11.1 Å². The highest BCUT2D eigenvalue weighted by Gasteiger charge is 2.39. The van der Waals surface area contributed by atoms with E-state index >= 15 is 0 Å². The molecule has 1 aliphatic carbocycles. The van der Waals surface area contributed by atoms with Gasteiger partial charge in [0, 0.05) is 112 Å². The van der Waals surface area contributed by atoms with Crippen LogP contribution >= 0.6 is 7.82 Å². The van der Waals surface area contributed by atoms with Crippen LogP contribution in [0.25, 0.3) is 11.1 Å². The molecule has 1 unspecified atom stereocenters. The molecule has 5 aromatic heterocycles. The summed E-state index contributed by atoms with van der Waals surface area (Å²) in [6.07, 6.45) is 11.5. The van der Waals surface area contributed by atoms with Crippen molar-refractivity contribution in [3.63, 3.8) is 0 Å². The third-order valence-corrected chi connectivity index (χ3v) is 15.2. The van der Waals surface area contributed by atoms with Gasteiger partial charge in [0.25, 0.3) is 11.5 Å². The fraction of sp³-hybridized carbons (Fsp3) is 0.451. The minimum Gasteiger partial charge on any atom is -0.392 e. The number of pyridine rings is 4. The molecule has 0 radical (unpaired) electrons. The molecule has 3 aliphatic heterocycles. The Morgan fingerprint density at radius 3 is 2.46 bits per heavy atom. The van der Waals surface area contributed by atoms with Crippen molar-refractivity contribution in [2.24, 2.45) is 12.5 Å². The number of phosphoric acid groups is 1. The topological polar surface area (TPSA) is 224 Å². The first-order chi connectivity index (χ1) is 33.6. The van der Waals surface area contributed by atoms with E-state index in [2.05, 4.69) is 74.1 Å². The van der Waals surface area contributed by atoms with Crippen LogP contribution in [-0.2, 0) is 52.5 Å². The Kier molecular flexibility index (Phi) is 13.4. The second-order valence-corrected chi connectivity index (χ2v) is 21.8. The van der Waals surface area contributed by atoms with Gasteiger partial charge < -0.3 is 44.5 Å². The summed E-state index contributed by atoms with van der Waals surface area (Å²) in [6.45, 7) is 19.3. The number of amides is 2. The van der Waals surface area contributed by atoms with Crippen LogP contribution in [0, 0.1) is 5.41 Å². The number of aryl methyl sites for hydroxylation is 1. The third-order valence-electron chi connectivity index (χ3n) is 14.5. The quantitative estimate of drug-likeness (QED) is 0.0665. The van der Waals surface area contributed by atoms with E-state index in [4.69, 9.17) is 9.51 Å². The number of carbonyl (C=O) groups is 2. The summed E-state index contributed by atoms with van der Waals surface area (Å²) < 4.78 is 20.3. The first-order valence-electron chi connectivity index (χ1n) is 24.2. The Morgan fingerprint density at radius 2 is 1.75 bits per heavy atom. The van der Waals surface area contributed by atoms with Crippen molar-refractivity contribution in [2.75, 3.05) is 58.1 Å². The van der Waals surface area contributed by atoms with E-state index < -0.39 is 25.9 Å². The molecule has 4 aliphatic rings. The largest absolute Gasteiger partial charge is 0.470 e. The number of carbonyl (C=O) groups excluding carboxylic acids is 2. The summed E-state index contributed by atoms with van der Waals surface area (Å²) in [5.74, 6) is 0.135. The number of phosphoric ester groups is 1. The Bertz CT molecular complexity index is 3020. The molecule has 0 saturated carbocycles. The van der Waals surface area contributed by atoms with Gasteiger partial charge in [-0.2, -0.15) is 0 Å². The lowest BCUT2D eigenvalue weighted by Crippen LogP contribution is -2.58. The number of piperidine rings is 1. The van der Waals surface area contributed by atoms with Crippen LogP contribution in [0.1, 0.15) is 87.4 Å². The van der Waals surface area contributed by atoms with Crippen molar-refractivity contribution in [2.45, 2.75) is 104 Å². The van der Waals surface area contributed by atoms with Crippen LogP contribution < -0.4 is 30.9 Å². The number of piperazine rings is 1. The van der Waals surface area contributed by atoms with Crippen molar-refractivity contribution >= 4 is 54.0 Å². The second-order valence-electron chi connectivity index (χ2n) is 20.7. The summed E-state index contributed by atoms with van der Waals surface area (Å²) in [6, 6.07) is 11.5. The fourth-order valence-electron chi connectivity index (χ4n) is 11.2. The zero-order valence-corrected chi connectivity index (χ0v) is 42.3. The van der Waals surface area contributed by atoms with E-state index in [0.29, 0.717) is 71.1 Å². The normalized spacial score (nSPS) is 20.5. The van der Waals surface area contributed by atoms with Crippen LogP contribution in [0.4, 0.5) is 34.4 Å². The molecule has 19 nitrogen and oxygen atoms in total. The van der Waals surface area contributed by atoms with E-state index in [9.17, 15) is 33.8 Å². The Balaban J connectivity index is 0.906. The Morgan fingerprint density at radius 1 is 0.972 bits per heavy atom. The van der Waals surface area contributed by atoms with E-state index in [1.54, 1.807) is 68.8 Å². The second kappa shape index (κ2) is 19.1. The number of rotatable bonds is 13. The molecule has 5 N–H and O–H groups in total. The maximum absolute atomic E-state index is 14.1. The highest BCUT2D eigenvalue weighted by atomic mass is 31.2. The Hall–Kier alpha value is -6.21. The van der Waals surface area contributed by atoms with Crippen LogP contribution in [0.5, 0.6) is 0 Å². The molecule has 2 amide bonds. The fourth-order valence-corrected chi connectivity index (χ4v) is 11.9. The molecule has 2 fully saturated rings. The zero-order valence-electron chi connectivity index (χ0n) is 41.4. The summed E-state index contributed by atoms with van der Waals surface area (Å²) in [7, 11) is -3.10. The number of aliphatic hydroxyl groups is 1. The summed E-state index contributed by atoms with van der Waals surface area (Å²) in [5.41, 5.74) is 6.09. The molecule has 9 rings (SSSR count). The number of aromatic nitrogens is 5. The molecule has 3 atom stereocenters. The first kappa shape index (κ1) is 49.8. The van der Waals surface area contributed by atoms with Gasteiger partial charge in [0.05, 0.1) is 29.9 Å². The molecule has 376 valence electrons. The van der Waals surface area contributed by atoms with Crippen molar-refractivity contribution in [1.29, 1.82) is 0 Å². The van der Waals surface area contributed by atoms with E-state index in [1.807, 2.05) is 18.2 Å². The van der Waals surface area contributed by atoms with Crippen molar-refractivity contribution < 1.29 is 33.6 Å². The molecule has 0 aromatic carbocycles. The monoisotopic (exact) mass is 989 g/mol. The van der Waals surface area contributed by atoms with Crippen LogP contribution in [0.2, 0.25) is 0 Å². The smallest absolute Gasteiger partial charge is 0.392 e. The number of aliphatic hydroxyl groups excluding tert-OH is 1. The summed E-state index contributed by atoms with van der Waals surface area (Å²) in [5, 5.41) is 17.0. The molecule has 8 heterocycles. The number of hydrogen-bond acceptors (Lipinski definition) is 13. The lowest BCUT2D eigenvalue weighted by molar-refractivity contribution is -0.111. The molecular formula is C51H64N11O8P. The average molecular weight is 990 g/mol. The van der Waals surface area contributed by atoms with Gasteiger partial charge in [-0.25, -0.2) is 14.5 Å². The maximum atomic E-state index is 14.1. The number of nitrogens with one attached hydrogen (secondary N) is 2. The Labute approximate surface area is 413 Å². The predicted octanol–water partition coefficient (Wildman–Crippen LogP) is 6.10. The lowest BCUT2D eigenvalue weighted by Gasteiger charge is -2.48. The van der Waals surface area contributed by atoms with Crippen molar-refractivity contribution in [3.05, 3.63) is 112 Å². The molecule has 5 aromatic rings. The lowest BCUT2D eigenvalue weighted by atomic mass is 9.90. The average Bonchev–Trinajstić information content (AvgIpc) is 3.81. The number of hydrogen-bond donors (Lipinski definition) is 5. The van der Waals surface area contributed by atoms with E-state index in [1.165, 1.54) is 21.9 Å². The van der Waals surface area contributed by atoms with Crippen molar-refractivity contribution in [1.82, 2.24) is 29.0 Å². The highest BCUT2D eigenvalue weighted by molar-refractivity contribution is 7.46. The number of fused-ring (bicyclic) bond motifs is 3. The number of anilines is 6. The van der Waals surface area contributed by atoms with Gasteiger partial charge in [0.1, 0.15) is 28.6 Å². The SMILES string of the molecule is C=CC(=O)Nc1cc(Nc2cc(-c3ccnc(N4CCn5c(cc6c5CC(C)(C)C6)C4=O)c3CO)cn(C)c2=O)ncc1N1CCN(C2CCN(c3ccnc(C(C)(C)OP(=O)(O)O)c3)[C@H](C)C2)C[C@@H]1C. The molecule has 20 heteroatoms. The molecule has 0 spiro atoms. The molecule has 0 bridgehead atoms. The van der Waals surface area contributed by atoms with Gasteiger partial charge in [-0.05, 0) is 106 Å². The highest BCUT2D eigenvalue weighted by Crippen LogP contribution is 2.46. The minimum absolute atomic E-state index is 0.0462. The van der Waals surface area contributed by atoms with Crippen LogP contribution in [-0.4, -0.2) is 107 Å². The van der Waals surface area contributed by atoms with Gasteiger partial charge in [0.2, 0.25) is 5.91 Å². The third kappa shape index (κ3) is 10.0. The van der Waals surface area contributed by atoms with E-state index in [-0.39, 0.29) is 34.7 Å². The molecule has 2 saturated heterocycles. The predicted molar refractivity (Wildman–Crippen MR) is 273 cm³/mol. The summed E-state index contributed by atoms with van der Waals surface area (Å²) >= 11 is 0. The zero-order chi connectivity index (χ0) is 50.7. The standard InChI is InChI=1S/C51H64N11O8P/c1-9-46(64)56-39-24-45(54-27-43(39)60-17-16-58(28-32(60)3)35-12-15-59(31(2)20-35)36-10-13-52-44(23-36)51(6,7)70-71(67,68)69)55-40-21-34(29-57(8)48(40)65)37-11-14-53-47(38(37)30-63)62-19-18-61-41(49(62)66)22-33-25-50(4,5)26-42(33)61/h9-11,13-14,21-24,27,29,31-32,35,63H,1,12,15-20,25-26,28,30H2,2-8H3,(H2,67,68,69)(H2,54,55,56,64)/t31-,32+,35?/m1/s1. The van der Waals surface area contributed by atoms with Gasteiger partial charge >= 0.3 is 7.82 Å². The maximum Gasteiger partial charge on any atom is 0.470 e. The van der Waals surface area contributed by atoms with E-state index in [0.717, 1.165) is 56.7 Å². The van der Waals surface area contributed by atoms with Crippen LogP contribution in [0.15, 0.2) is 78.6 Å². The minimum atomic E-state index is -4.74.